The molecule has 4 rings (SSSR count). The number of amides is 2. The second kappa shape index (κ2) is 10.3. The summed E-state index contributed by atoms with van der Waals surface area (Å²) in [6.45, 7) is 1.61. The van der Waals surface area contributed by atoms with Crippen LogP contribution >= 0.6 is 11.3 Å². The number of nitrogens with zero attached hydrogens (tertiary/aromatic N) is 1. The number of carbonyl (C=O) groups excluding carboxylic acids is 3. The maximum Gasteiger partial charge on any atom is 0.408 e. The van der Waals surface area contributed by atoms with E-state index < -0.39 is 42.3 Å². The number of esters is 1. The molecule has 0 spiro atoms. The SMILES string of the molecule is CC1OC(=O)NC1C(=O)N[C@H](Cc1cscn1)C(=O)OC(c1ccccc1)c1ccccc1. The Morgan fingerprint density at radius 2 is 1.76 bits per heavy atom. The van der Waals surface area contributed by atoms with Crippen molar-refractivity contribution in [2.75, 3.05) is 0 Å². The Bertz CT molecular complexity index is 1050. The monoisotopic (exact) mass is 465 g/mol. The van der Waals surface area contributed by atoms with Crippen molar-refractivity contribution in [3.63, 3.8) is 0 Å². The highest BCUT2D eigenvalue weighted by Crippen LogP contribution is 2.26. The average molecular weight is 466 g/mol. The van der Waals surface area contributed by atoms with Crippen LogP contribution in [-0.2, 0) is 25.5 Å². The Hall–Kier alpha value is -3.72. The minimum absolute atomic E-state index is 0.153. The molecule has 8 nitrogen and oxygen atoms in total. The molecule has 2 heterocycles. The number of cyclic esters (lactones) is 1. The fourth-order valence-corrected chi connectivity index (χ4v) is 4.15. The van der Waals surface area contributed by atoms with Crippen LogP contribution in [0.5, 0.6) is 0 Å². The van der Waals surface area contributed by atoms with E-state index in [0.29, 0.717) is 5.69 Å². The van der Waals surface area contributed by atoms with Gasteiger partial charge >= 0.3 is 12.1 Å². The maximum atomic E-state index is 13.3. The summed E-state index contributed by atoms with van der Waals surface area (Å²) in [5.41, 5.74) is 3.92. The van der Waals surface area contributed by atoms with Crippen LogP contribution < -0.4 is 10.6 Å². The summed E-state index contributed by atoms with van der Waals surface area (Å²) < 4.78 is 10.9. The lowest BCUT2D eigenvalue weighted by atomic mass is 10.0. The Morgan fingerprint density at radius 3 is 2.27 bits per heavy atom. The number of nitrogens with one attached hydrogen (secondary N) is 2. The molecular formula is C24H23N3O5S. The molecule has 3 atom stereocenters. The lowest BCUT2D eigenvalue weighted by Crippen LogP contribution is -2.52. The van der Waals surface area contributed by atoms with E-state index in [2.05, 4.69) is 15.6 Å². The summed E-state index contributed by atoms with van der Waals surface area (Å²) in [5, 5.41) is 6.98. The van der Waals surface area contributed by atoms with Gasteiger partial charge in [-0.1, -0.05) is 60.7 Å². The summed E-state index contributed by atoms with van der Waals surface area (Å²) in [6.07, 6.45) is -1.83. The summed E-state index contributed by atoms with van der Waals surface area (Å²) in [4.78, 5) is 41.9. The van der Waals surface area contributed by atoms with E-state index in [9.17, 15) is 14.4 Å². The lowest BCUT2D eigenvalue weighted by molar-refractivity contribution is -0.151. The van der Waals surface area contributed by atoms with Crippen LogP contribution in [0.3, 0.4) is 0 Å². The van der Waals surface area contributed by atoms with E-state index in [1.165, 1.54) is 11.3 Å². The fraction of sp³-hybridized carbons (Fsp3) is 0.250. The zero-order chi connectivity index (χ0) is 23.2. The molecule has 2 N–H and O–H groups in total. The van der Waals surface area contributed by atoms with E-state index in [0.717, 1.165) is 11.1 Å². The van der Waals surface area contributed by atoms with Gasteiger partial charge in [0.25, 0.3) is 0 Å². The van der Waals surface area contributed by atoms with Gasteiger partial charge in [0.1, 0.15) is 18.2 Å². The molecule has 2 aromatic carbocycles. The number of benzene rings is 2. The van der Waals surface area contributed by atoms with Gasteiger partial charge in [-0.3, -0.25) is 4.79 Å². The van der Waals surface area contributed by atoms with Crippen LogP contribution in [-0.4, -0.2) is 41.1 Å². The van der Waals surface area contributed by atoms with Gasteiger partial charge in [-0.15, -0.1) is 11.3 Å². The predicted molar refractivity (Wildman–Crippen MR) is 121 cm³/mol. The number of hydrogen-bond acceptors (Lipinski definition) is 7. The van der Waals surface area contributed by atoms with Crippen molar-refractivity contribution in [2.45, 2.75) is 37.6 Å². The number of aromatic nitrogens is 1. The van der Waals surface area contributed by atoms with Crippen molar-refractivity contribution in [2.24, 2.45) is 0 Å². The Balaban J connectivity index is 1.56. The molecule has 1 aromatic heterocycles. The van der Waals surface area contributed by atoms with Crippen molar-refractivity contribution in [3.8, 4) is 0 Å². The van der Waals surface area contributed by atoms with Gasteiger partial charge in [-0.05, 0) is 18.1 Å². The first-order valence-electron chi connectivity index (χ1n) is 10.5. The van der Waals surface area contributed by atoms with Crippen LogP contribution in [0.25, 0.3) is 0 Å². The zero-order valence-corrected chi connectivity index (χ0v) is 18.7. The number of alkyl carbamates (subject to hydrolysis) is 1. The number of carbonyl (C=O) groups is 3. The molecular weight excluding hydrogens is 442 g/mol. The molecule has 1 aliphatic heterocycles. The van der Waals surface area contributed by atoms with Gasteiger partial charge < -0.3 is 20.1 Å². The Kier molecular flexibility index (Phi) is 6.99. The molecule has 1 aliphatic rings. The third-order valence-corrected chi connectivity index (χ3v) is 5.89. The first kappa shape index (κ1) is 22.5. The quantitative estimate of drug-likeness (QED) is 0.496. The van der Waals surface area contributed by atoms with Crippen molar-refractivity contribution >= 4 is 29.3 Å². The topological polar surface area (TPSA) is 107 Å². The van der Waals surface area contributed by atoms with Gasteiger partial charge in [0.2, 0.25) is 5.91 Å². The van der Waals surface area contributed by atoms with Crippen LogP contribution in [0.1, 0.15) is 29.8 Å². The molecule has 2 amide bonds. The Morgan fingerprint density at radius 1 is 1.12 bits per heavy atom. The first-order valence-corrected chi connectivity index (χ1v) is 11.4. The third-order valence-electron chi connectivity index (χ3n) is 5.25. The smallest absolute Gasteiger partial charge is 0.408 e. The van der Waals surface area contributed by atoms with E-state index in [4.69, 9.17) is 9.47 Å². The van der Waals surface area contributed by atoms with Crippen LogP contribution in [0.2, 0.25) is 0 Å². The van der Waals surface area contributed by atoms with Crippen molar-refractivity contribution in [1.82, 2.24) is 15.6 Å². The molecule has 33 heavy (non-hydrogen) atoms. The molecule has 2 unspecified atom stereocenters. The van der Waals surface area contributed by atoms with Crippen molar-refractivity contribution < 1.29 is 23.9 Å². The summed E-state index contributed by atoms with van der Waals surface area (Å²) in [7, 11) is 0. The largest absolute Gasteiger partial charge is 0.451 e. The zero-order valence-electron chi connectivity index (χ0n) is 17.8. The van der Waals surface area contributed by atoms with Gasteiger partial charge in [-0.2, -0.15) is 0 Å². The molecule has 0 bridgehead atoms. The summed E-state index contributed by atoms with van der Waals surface area (Å²) in [5.74, 6) is -1.13. The average Bonchev–Trinajstić information content (AvgIpc) is 3.46. The highest BCUT2D eigenvalue weighted by atomic mass is 32.1. The first-order chi connectivity index (χ1) is 16.0. The molecule has 170 valence electrons. The normalized spacial score (nSPS) is 18.3. The summed E-state index contributed by atoms with van der Waals surface area (Å²) in [6, 6.07) is 16.9. The van der Waals surface area contributed by atoms with E-state index in [-0.39, 0.29) is 6.42 Å². The van der Waals surface area contributed by atoms with Gasteiger partial charge in [0, 0.05) is 11.8 Å². The highest BCUT2D eigenvalue weighted by molar-refractivity contribution is 7.07. The third kappa shape index (κ3) is 5.56. The van der Waals surface area contributed by atoms with Crippen molar-refractivity contribution in [1.29, 1.82) is 0 Å². The number of rotatable bonds is 8. The lowest BCUT2D eigenvalue weighted by Gasteiger charge is -2.24. The van der Waals surface area contributed by atoms with Gasteiger partial charge in [-0.25, -0.2) is 14.6 Å². The van der Waals surface area contributed by atoms with E-state index in [1.807, 2.05) is 60.7 Å². The number of thiazole rings is 1. The minimum atomic E-state index is -1.00. The van der Waals surface area contributed by atoms with Gasteiger partial charge in [0.15, 0.2) is 6.10 Å². The fourth-order valence-electron chi connectivity index (χ4n) is 3.58. The summed E-state index contributed by atoms with van der Waals surface area (Å²) >= 11 is 1.39. The van der Waals surface area contributed by atoms with E-state index >= 15 is 0 Å². The molecule has 1 saturated heterocycles. The highest BCUT2D eigenvalue weighted by Gasteiger charge is 2.38. The minimum Gasteiger partial charge on any atom is -0.451 e. The second-order valence-corrected chi connectivity index (χ2v) is 8.33. The molecule has 0 aliphatic carbocycles. The maximum absolute atomic E-state index is 13.3. The molecule has 1 fully saturated rings. The van der Waals surface area contributed by atoms with Gasteiger partial charge in [0.05, 0.1) is 11.2 Å². The standard InChI is InChI=1S/C24H23N3O5S/c1-15-20(27-24(30)31-15)22(28)26-19(12-18-13-33-14-25-18)23(29)32-21(16-8-4-2-5-9-16)17-10-6-3-7-11-17/h2-11,13-15,19-21H,12H2,1H3,(H,26,28)(H,27,30)/t15?,19-,20?/m1/s1. The number of ether oxygens (including phenoxy) is 2. The Labute approximate surface area is 194 Å². The van der Waals surface area contributed by atoms with Crippen LogP contribution in [0.4, 0.5) is 4.79 Å². The number of hydrogen-bond donors (Lipinski definition) is 2. The predicted octanol–water partition coefficient (Wildman–Crippen LogP) is 3.00. The second-order valence-electron chi connectivity index (χ2n) is 7.62. The molecule has 0 saturated carbocycles. The molecule has 3 aromatic rings. The van der Waals surface area contributed by atoms with E-state index in [1.54, 1.807) is 17.8 Å². The van der Waals surface area contributed by atoms with Crippen LogP contribution in [0.15, 0.2) is 71.6 Å². The van der Waals surface area contributed by atoms with Crippen LogP contribution in [0, 0.1) is 0 Å². The molecule has 9 heteroatoms. The molecule has 0 radical (unpaired) electrons. The van der Waals surface area contributed by atoms with Crippen molar-refractivity contribution in [3.05, 3.63) is 88.4 Å².